The zero-order valence-electron chi connectivity index (χ0n) is 14.0. The molecule has 0 saturated heterocycles. The van der Waals surface area contributed by atoms with Crippen molar-refractivity contribution >= 4 is 6.09 Å². The summed E-state index contributed by atoms with van der Waals surface area (Å²) in [5.74, 6) is 0.552. The Bertz CT molecular complexity index is 777. The number of nitrogens with zero attached hydrogens (tertiary/aromatic N) is 1. The quantitative estimate of drug-likeness (QED) is 0.758. The maximum absolute atomic E-state index is 12.9. The number of ether oxygens (including phenoxy) is 1. The number of amides is 1. The Morgan fingerprint density at radius 1 is 1.08 bits per heavy atom. The lowest BCUT2D eigenvalue weighted by Crippen LogP contribution is -2.37. The fourth-order valence-corrected chi connectivity index (χ4v) is 2.94. The molecule has 3 heteroatoms. The van der Waals surface area contributed by atoms with E-state index in [1.54, 1.807) is 17.0 Å². The van der Waals surface area contributed by atoms with Crippen LogP contribution in [0.2, 0.25) is 0 Å². The first kappa shape index (κ1) is 16.1. The molecule has 3 nitrogen and oxygen atoms in total. The molecule has 24 heavy (non-hydrogen) atoms. The van der Waals surface area contributed by atoms with Gasteiger partial charge in [-0.25, -0.2) is 4.79 Å². The minimum Gasteiger partial charge on any atom is -0.410 e. The first-order valence-electron chi connectivity index (χ1n) is 8.19. The van der Waals surface area contributed by atoms with Gasteiger partial charge in [0, 0.05) is 5.70 Å². The molecule has 0 bridgehead atoms. The van der Waals surface area contributed by atoms with E-state index >= 15 is 0 Å². The molecule has 1 aliphatic heterocycles. The van der Waals surface area contributed by atoms with E-state index in [1.807, 2.05) is 55.5 Å². The second-order valence-corrected chi connectivity index (χ2v) is 5.75. The molecule has 0 spiro atoms. The van der Waals surface area contributed by atoms with Crippen molar-refractivity contribution < 1.29 is 9.53 Å². The third-order valence-corrected chi connectivity index (χ3v) is 4.18. The summed E-state index contributed by atoms with van der Waals surface area (Å²) in [6, 6.07) is 17.2. The third kappa shape index (κ3) is 3.25. The van der Waals surface area contributed by atoms with E-state index in [9.17, 15) is 4.79 Å². The molecule has 0 fully saturated rings. The smallest absolute Gasteiger partial charge is 0.410 e. The highest BCUT2D eigenvalue weighted by Crippen LogP contribution is 2.33. The molecule has 1 aliphatic rings. The molecule has 1 unspecified atom stereocenters. The van der Waals surface area contributed by atoms with Gasteiger partial charge >= 0.3 is 6.09 Å². The Morgan fingerprint density at radius 3 is 2.50 bits per heavy atom. The third-order valence-electron chi connectivity index (χ3n) is 4.18. The second-order valence-electron chi connectivity index (χ2n) is 5.75. The minimum absolute atomic E-state index is 0.151. The lowest BCUT2D eigenvalue weighted by atomic mass is 9.97. The van der Waals surface area contributed by atoms with Crippen LogP contribution in [0.3, 0.4) is 0 Å². The summed E-state index contributed by atoms with van der Waals surface area (Å²) in [6.45, 7) is 4.11. The lowest BCUT2D eigenvalue weighted by Gasteiger charge is -2.33. The Balaban J connectivity index is 1.93. The summed E-state index contributed by atoms with van der Waals surface area (Å²) in [5.41, 5.74) is 3.21. The van der Waals surface area contributed by atoms with Crippen molar-refractivity contribution in [2.45, 2.75) is 26.3 Å². The first-order chi connectivity index (χ1) is 11.7. The highest BCUT2D eigenvalue weighted by Gasteiger charge is 2.30. The molecule has 122 valence electrons. The van der Waals surface area contributed by atoms with Crippen LogP contribution >= 0.6 is 0 Å². The molecule has 0 aromatic heterocycles. The van der Waals surface area contributed by atoms with E-state index in [0.717, 1.165) is 23.2 Å². The average molecular weight is 319 g/mol. The molecule has 3 rings (SSSR count). The van der Waals surface area contributed by atoms with Gasteiger partial charge in [0.15, 0.2) is 0 Å². The number of rotatable bonds is 3. The van der Waals surface area contributed by atoms with Gasteiger partial charge in [-0.3, -0.25) is 4.90 Å². The predicted octanol–water partition coefficient (Wildman–Crippen LogP) is 5.40. The Labute approximate surface area is 142 Å². The van der Waals surface area contributed by atoms with Gasteiger partial charge in [-0.05, 0) is 42.7 Å². The van der Waals surface area contributed by atoms with Crippen LogP contribution in [0, 0.1) is 6.92 Å². The highest BCUT2D eigenvalue weighted by atomic mass is 16.6. The van der Waals surface area contributed by atoms with Gasteiger partial charge in [0.2, 0.25) is 0 Å². The normalized spacial score (nSPS) is 16.7. The maximum Gasteiger partial charge on any atom is 0.420 e. The summed E-state index contributed by atoms with van der Waals surface area (Å²) < 4.78 is 5.59. The summed E-state index contributed by atoms with van der Waals surface area (Å²) >= 11 is 0. The first-order valence-corrected chi connectivity index (χ1v) is 8.19. The van der Waals surface area contributed by atoms with E-state index in [1.165, 1.54) is 0 Å². The van der Waals surface area contributed by atoms with Gasteiger partial charge in [-0.2, -0.15) is 0 Å². The van der Waals surface area contributed by atoms with Crippen molar-refractivity contribution in [1.29, 1.82) is 0 Å². The van der Waals surface area contributed by atoms with Crippen molar-refractivity contribution in [3.8, 4) is 5.75 Å². The Morgan fingerprint density at radius 2 is 1.79 bits per heavy atom. The number of hydrogen-bond acceptors (Lipinski definition) is 2. The van der Waals surface area contributed by atoms with Crippen LogP contribution in [-0.2, 0) is 0 Å². The molecule has 1 atom stereocenters. The van der Waals surface area contributed by atoms with Crippen molar-refractivity contribution in [1.82, 2.24) is 4.90 Å². The molecule has 2 aromatic rings. The summed E-state index contributed by atoms with van der Waals surface area (Å²) in [6.07, 6.45) is 6.43. The van der Waals surface area contributed by atoms with Gasteiger partial charge in [0.1, 0.15) is 5.75 Å². The van der Waals surface area contributed by atoms with Gasteiger partial charge in [-0.1, -0.05) is 61.5 Å². The van der Waals surface area contributed by atoms with E-state index in [0.29, 0.717) is 5.75 Å². The zero-order valence-corrected chi connectivity index (χ0v) is 14.0. The van der Waals surface area contributed by atoms with Crippen molar-refractivity contribution in [3.05, 3.63) is 89.6 Å². The molecule has 0 aliphatic carbocycles. The van der Waals surface area contributed by atoms with Gasteiger partial charge in [0.05, 0.1) is 6.04 Å². The van der Waals surface area contributed by atoms with Gasteiger partial charge in [-0.15, -0.1) is 0 Å². The largest absolute Gasteiger partial charge is 0.420 e. The topological polar surface area (TPSA) is 29.5 Å². The maximum atomic E-state index is 12.9. The minimum atomic E-state index is -0.355. The highest BCUT2D eigenvalue weighted by molar-refractivity contribution is 5.74. The number of para-hydroxylation sites is 1. The SMILES string of the molecule is CCC1=CC=CC(c2ccccc2C)N1C(=O)Oc1ccccc1. The van der Waals surface area contributed by atoms with E-state index in [4.69, 9.17) is 4.74 Å². The van der Waals surface area contributed by atoms with Crippen molar-refractivity contribution in [2.24, 2.45) is 0 Å². The Hall–Kier alpha value is -2.81. The van der Waals surface area contributed by atoms with Crippen LogP contribution in [0.4, 0.5) is 4.79 Å². The fourth-order valence-electron chi connectivity index (χ4n) is 2.94. The van der Waals surface area contributed by atoms with Crippen LogP contribution in [0.1, 0.15) is 30.5 Å². The number of aryl methyl sites for hydroxylation is 1. The predicted molar refractivity (Wildman–Crippen MR) is 95.7 cm³/mol. The van der Waals surface area contributed by atoms with Crippen LogP contribution in [-0.4, -0.2) is 11.0 Å². The average Bonchev–Trinajstić information content (AvgIpc) is 2.62. The van der Waals surface area contributed by atoms with Crippen LogP contribution in [0.15, 0.2) is 78.5 Å². The van der Waals surface area contributed by atoms with Crippen LogP contribution < -0.4 is 4.74 Å². The fraction of sp³-hybridized carbons (Fsp3) is 0.190. The number of hydrogen-bond donors (Lipinski definition) is 0. The standard InChI is InChI=1S/C21H21NO2/c1-3-17-11-9-15-20(19-14-8-7-10-16(19)2)22(17)21(23)24-18-12-5-4-6-13-18/h4-15,20H,3H2,1-2H3. The number of carbonyl (C=O) groups is 1. The molecule has 1 amide bonds. The molecule has 2 aromatic carbocycles. The van der Waals surface area contributed by atoms with Gasteiger partial charge in [0.25, 0.3) is 0 Å². The molecule has 0 saturated carbocycles. The van der Waals surface area contributed by atoms with E-state index in [-0.39, 0.29) is 12.1 Å². The van der Waals surface area contributed by atoms with E-state index < -0.39 is 0 Å². The van der Waals surface area contributed by atoms with Crippen molar-refractivity contribution in [3.63, 3.8) is 0 Å². The molecule has 1 heterocycles. The molecule has 0 N–H and O–H groups in total. The lowest BCUT2D eigenvalue weighted by molar-refractivity contribution is 0.154. The molecular formula is C21H21NO2. The van der Waals surface area contributed by atoms with Crippen LogP contribution in [0.25, 0.3) is 0 Å². The number of carbonyl (C=O) groups excluding carboxylic acids is 1. The van der Waals surface area contributed by atoms with Gasteiger partial charge < -0.3 is 4.74 Å². The molecule has 0 radical (unpaired) electrons. The van der Waals surface area contributed by atoms with Crippen molar-refractivity contribution in [2.75, 3.05) is 0 Å². The van der Waals surface area contributed by atoms with E-state index in [2.05, 4.69) is 19.1 Å². The Kier molecular flexibility index (Phi) is 4.80. The number of allylic oxidation sites excluding steroid dienone is 3. The van der Waals surface area contributed by atoms with Crippen LogP contribution in [0.5, 0.6) is 5.75 Å². The second kappa shape index (κ2) is 7.18. The number of benzene rings is 2. The summed E-state index contributed by atoms with van der Waals surface area (Å²) in [7, 11) is 0. The zero-order chi connectivity index (χ0) is 16.9. The molecular weight excluding hydrogens is 298 g/mol. The monoisotopic (exact) mass is 319 g/mol. The summed E-state index contributed by atoms with van der Waals surface area (Å²) in [5, 5.41) is 0. The summed E-state index contributed by atoms with van der Waals surface area (Å²) in [4.78, 5) is 14.6.